The third-order valence-electron chi connectivity index (χ3n) is 6.78. The number of benzene rings is 1. The van der Waals surface area contributed by atoms with Gasteiger partial charge in [-0.3, -0.25) is 14.4 Å². The molecule has 34 heavy (non-hydrogen) atoms. The smallest absolute Gasteiger partial charge is 0.169 e. The molecule has 0 atom stereocenters. The van der Waals surface area contributed by atoms with Gasteiger partial charge >= 0.3 is 0 Å². The maximum absolute atomic E-state index is 13.1. The van der Waals surface area contributed by atoms with Crippen molar-refractivity contribution in [3.05, 3.63) is 66.2 Å². The molecule has 0 amide bonds. The van der Waals surface area contributed by atoms with Gasteiger partial charge in [0.25, 0.3) is 0 Å². The summed E-state index contributed by atoms with van der Waals surface area (Å²) in [7, 11) is 1.90. The molecule has 2 fully saturated rings. The summed E-state index contributed by atoms with van der Waals surface area (Å²) in [4.78, 5) is 22.5. The van der Waals surface area contributed by atoms with E-state index in [2.05, 4.69) is 36.1 Å². The third-order valence-corrected chi connectivity index (χ3v) is 6.78. The van der Waals surface area contributed by atoms with Crippen LogP contribution in [0, 0.1) is 0 Å². The molecule has 1 saturated heterocycles. The van der Waals surface area contributed by atoms with Crippen molar-refractivity contribution in [2.75, 3.05) is 31.1 Å². The molecule has 8 heteroatoms. The molecular formula is C26H27N7O. The number of Topliss-reactive ketones (excluding diaryl/α,β-unsaturated/α-hetero) is 1. The predicted octanol–water partition coefficient (Wildman–Crippen LogP) is 3.14. The van der Waals surface area contributed by atoms with Crippen molar-refractivity contribution in [2.45, 2.75) is 25.3 Å². The van der Waals surface area contributed by atoms with Gasteiger partial charge in [0.2, 0.25) is 0 Å². The van der Waals surface area contributed by atoms with E-state index in [1.165, 1.54) is 12.8 Å². The molecule has 4 aromatic rings. The quantitative estimate of drug-likeness (QED) is 0.415. The van der Waals surface area contributed by atoms with Gasteiger partial charge in [-0.15, -0.1) is 0 Å². The Morgan fingerprint density at radius 1 is 1.00 bits per heavy atom. The highest BCUT2D eigenvalue weighted by atomic mass is 16.1. The van der Waals surface area contributed by atoms with Gasteiger partial charge in [0.15, 0.2) is 5.78 Å². The van der Waals surface area contributed by atoms with Gasteiger partial charge < -0.3 is 4.90 Å². The fourth-order valence-electron chi connectivity index (χ4n) is 4.71. The Hall–Kier alpha value is -3.65. The van der Waals surface area contributed by atoms with Gasteiger partial charge in [-0.05, 0) is 48.7 Å². The lowest BCUT2D eigenvalue weighted by atomic mass is 10.0. The molecule has 1 aromatic carbocycles. The van der Waals surface area contributed by atoms with E-state index in [1.54, 1.807) is 16.9 Å². The molecule has 1 aliphatic heterocycles. The number of pyridine rings is 1. The zero-order chi connectivity index (χ0) is 23.1. The topological polar surface area (TPSA) is 80.0 Å². The summed E-state index contributed by atoms with van der Waals surface area (Å²) in [5, 5.41) is 13.9. The lowest BCUT2D eigenvalue weighted by Gasteiger charge is -2.35. The van der Waals surface area contributed by atoms with Gasteiger partial charge in [0, 0.05) is 68.2 Å². The van der Waals surface area contributed by atoms with E-state index in [4.69, 9.17) is 0 Å². The van der Waals surface area contributed by atoms with Crippen molar-refractivity contribution in [1.82, 2.24) is 29.9 Å². The average Bonchev–Trinajstić information content (AvgIpc) is 3.64. The number of hydrogen-bond acceptors (Lipinski definition) is 7. The van der Waals surface area contributed by atoms with E-state index in [1.807, 2.05) is 43.7 Å². The van der Waals surface area contributed by atoms with Crippen LogP contribution in [0.2, 0.25) is 0 Å². The number of aromatic nitrogens is 5. The van der Waals surface area contributed by atoms with E-state index >= 15 is 0 Å². The van der Waals surface area contributed by atoms with Crippen LogP contribution in [-0.2, 0) is 13.5 Å². The van der Waals surface area contributed by atoms with Gasteiger partial charge in [0.05, 0.1) is 23.8 Å². The number of carbonyl (C=O) groups excluding carboxylic acids is 1. The summed E-state index contributed by atoms with van der Waals surface area (Å²) in [6.45, 7) is 4.05. The first-order chi connectivity index (χ1) is 16.6. The Morgan fingerprint density at radius 3 is 2.62 bits per heavy atom. The Bertz CT molecular complexity index is 1350. The van der Waals surface area contributed by atoms with Crippen LogP contribution in [0.4, 0.5) is 5.82 Å². The number of ketones is 1. The van der Waals surface area contributed by atoms with Crippen molar-refractivity contribution in [3.8, 4) is 11.1 Å². The zero-order valence-electron chi connectivity index (χ0n) is 19.3. The molecule has 0 unspecified atom stereocenters. The molecule has 2 aliphatic rings. The van der Waals surface area contributed by atoms with E-state index in [-0.39, 0.29) is 12.2 Å². The molecule has 0 radical (unpaired) electrons. The van der Waals surface area contributed by atoms with Gasteiger partial charge in [-0.1, -0.05) is 6.07 Å². The summed E-state index contributed by atoms with van der Waals surface area (Å²) in [6.07, 6.45) is 8.44. The molecule has 1 saturated carbocycles. The van der Waals surface area contributed by atoms with Crippen molar-refractivity contribution < 1.29 is 4.79 Å². The summed E-state index contributed by atoms with van der Waals surface area (Å²) in [5.74, 6) is 0.907. The van der Waals surface area contributed by atoms with Crippen LogP contribution in [0.15, 0.2) is 55.0 Å². The van der Waals surface area contributed by atoms with Crippen LogP contribution >= 0.6 is 0 Å². The molecule has 3 aromatic heterocycles. The third kappa shape index (κ3) is 4.28. The van der Waals surface area contributed by atoms with Crippen LogP contribution < -0.4 is 4.90 Å². The normalized spacial score (nSPS) is 16.8. The van der Waals surface area contributed by atoms with Gasteiger partial charge in [-0.2, -0.15) is 15.3 Å². The largest absolute Gasteiger partial charge is 0.354 e. The predicted molar refractivity (Wildman–Crippen MR) is 131 cm³/mol. The highest BCUT2D eigenvalue weighted by Crippen LogP contribution is 2.28. The van der Waals surface area contributed by atoms with E-state index in [0.29, 0.717) is 11.3 Å². The maximum Gasteiger partial charge on any atom is 0.169 e. The molecular weight excluding hydrogens is 426 g/mol. The van der Waals surface area contributed by atoms with Crippen LogP contribution in [0.1, 0.15) is 28.9 Å². The second kappa shape index (κ2) is 8.61. The van der Waals surface area contributed by atoms with Gasteiger partial charge in [-0.25, -0.2) is 4.98 Å². The van der Waals surface area contributed by atoms with Crippen molar-refractivity contribution in [3.63, 3.8) is 0 Å². The number of aryl methyl sites for hydroxylation is 1. The van der Waals surface area contributed by atoms with E-state index in [9.17, 15) is 4.79 Å². The monoisotopic (exact) mass is 453 g/mol. The first-order valence-corrected chi connectivity index (χ1v) is 11.9. The van der Waals surface area contributed by atoms with Crippen LogP contribution in [-0.4, -0.2) is 67.9 Å². The molecule has 0 spiro atoms. The van der Waals surface area contributed by atoms with Crippen molar-refractivity contribution in [1.29, 1.82) is 0 Å². The highest BCUT2D eigenvalue weighted by molar-refractivity contribution is 5.98. The number of piperazine rings is 1. The number of rotatable bonds is 6. The molecule has 6 rings (SSSR count). The number of fused-ring (bicyclic) bond motifs is 1. The Kier molecular flexibility index (Phi) is 5.30. The minimum atomic E-state index is 0.0253. The summed E-state index contributed by atoms with van der Waals surface area (Å²) in [5.41, 5.74) is 4.24. The summed E-state index contributed by atoms with van der Waals surface area (Å²) in [6, 6.07) is 12.5. The Labute approximate surface area is 198 Å². The van der Waals surface area contributed by atoms with Crippen LogP contribution in [0.25, 0.3) is 22.0 Å². The average molecular weight is 454 g/mol. The minimum Gasteiger partial charge on any atom is -0.354 e. The zero-order valence-corrected chi connectivity index (χ0v) is 19.3. The Balaban J connectivity index is 1.18. The number of hydrogen-bond donors (Lipinski definition) is 0. The second-order valence-corrected chi connectivity index (χ2v) is 9.27. The van der Waals surface area contributed by atoms with Crippen LogP contribution in [0.5, 0.6) is 0 Å². The lowest BCUT2D eigenvalue weighted by Crippen LogP contribution is -2.47. The first kappa shape index (κ1) is 20.9. The minimum absolute atomic E-state index is 0.0253. The number of nitrogens with zero attached hydrogens (tertiary/aromatic N) is 7. The Morgan fingerprint density at radius 2 is 1.85 bits per heavy atom. The molecule has 172 valence electrons. The van der Waals surface area contributed by atoms with Gasteiger partial charge in [0.1, 0.15) is 5.82 Å². The highest BCUT2D eigenvalue weighted by Gasteiger charge is 2.31. The molecule has 8 nitrogen and oxygen atoms in total. The van der Waals surface area contributed by atoms with Crippen LogP contribution in [0.3, 0.4) is 0 Å². The first-order valence-electron chi connectivity index (χ1n) is 11.9. The summed E-state index contributed by atoms with van der Waals surface area (Å²) >= 11 is 0. The number of carbonyl (C=O) groups is 1. The van der Waals surface area contributed by atoms with Crippen molar-refractivity contribution in [2.24, 2.45) is 7.05 Å². The molecule has 4 heterocycles. The summed E-state index contributed by atoms with van der Waals surface area (Å²) < 4.78 is 1.78. The van der Waals surface area contributed by atoms with E-state index in [0.717, 1.165) is 60.1 Å². The fraction of sp³-hybridized carbons (Fsp3) is 0.346. The second-order valence-electron chi connectivity index (χ2n) is 9.27. The number of anilines is 1. The lowest BCUT2D eigenvalue weighted by molar-refractivity contribution is 0.0991. The molecule has 1 aliphatic carbocycles. The van der Waals surface area contributed by atoms with E-state index < -0.39 is 0 Å². The molecule has 0 N–H and O–H groups in total. The maximum atomic E-state index is 13.1. The standard InChI is InChI=1S/C26H27N7O/c1-31-17-21(16-28-31)18-2-5-24-20(12-18)13-22(29-30-24)15-25(34)19-6-7-27-26(14-19)33-10-8-32(9-11-33)23-3-4-23/h2,5-7,12-14,16-17,23H,3-4,8-11,15H2,1H3. The molecule has 0 bridgehead atoms. The van der Waals surface area contributed by atoms with Crippen molar-refractivity contribution >= 4 is 22.5 Å². The fourth-order valence-corrected chi connectivity index (χ4v) is 4.71. The SMILES string of the molecule is Cn1cc(-c2ccc3nnc(CC(=O)c4ccnc(N5CCN(C6CC6)CC5)c4)cc3c2)cn1.